The van der Waals surface area contributed by atoms with Gasteiger partial charge in [0.15, 0.2) is 0 Å². The van der Waals surface area contributed by atoms with Gasteiger partial charge in [-0.2, -0.15) is 0 Å². The minimum absolute atomic E-state index is 0.218. The van der Waals surface area contributed by atoms with Crippen LogP contribution < -0.4 is 10.2 Å². The van der Waals surface area contributed by atoms with Crippen molar-refractivity contribution in [2.75, 3.05) is 43.4 Å². The first-order chi connectivity index (χ1) is 11.5. The van der Waals surface area contributed by atoms with E-state index in [9.17, 15) is 9.90 Å². The summed E-state index contributed by atoms with van der Waals surface area (Å²) in [5.41, 5.74) is 0.738. The molecule has 1 aliphatic rings. The fourth-order valence-electron chi connectivity index (χ4n) is 2.73. The number of nitrogens with zero attached hydrogens (tertiary/aromatic N) is 4. The highest BCUT2D eigenvalue weighted by Crippen LogP contribution is 2.23. The Kier molecular flexibility index (Phi) is 4.61. The number of aryl methyl sites for hydroxylation is 1. The molecule has 2 heterocycles. The van der Waals surface area contributed by atoms with E-state index in [1.807, 2.05) is 13.0 Å². The van der Waals surface area contributed by atoms with Gasteiger partial charge in [0.05, 0.1) is 11.3 Å². The molecule has 1 aliphatic heterocycles. The Balaban J connectivity index is 1.86. The van der Waals surface area contributed by atoms with Crippen LogP contribution in [0.15, 0.2) is 30.3 Å². The van der Waals surface area contributed by atoms with Gasteiger partial charge in [-0.1, -0.05) is 12.1 Å². The van der Waals surface area contributed by atoms with Crippen molar-refractivity contribution in [3.8, 4) is 0 Å². The first-order valence-corrected chi connectivity index (χ1v) is 7.91. The Morgan fingerprint density at radius 1 is 1.17 bits per heavy atom. The number of hydrogen-bond acceptors (Lipinski definition) is 6. The molecule has 2 aromatic rings. The third-order valence-corrected chi connectivity index (χ3v) is 4.07. The molecule has 0 bridgehead atoms. The monoisotopic (exact) mass is 327 g/mol. The minimum atomic E-state index is -0.969. The number of carboxylic acids is 1. The van der Waals surface area contributed by atoms with Gasteiger partial charge in [0.2, 0.25) is 0 Å². The van der Waals surface area contributed by atoms with Gasteiger partial charge in [-0.05, 0) is 26.1 Å². The number of aromatic carboxylic acids is 1. The van der Waals surface area contributed by atoms with Crippen molar-refractivity contribution in [1.29, 1.82) is 0 Å². The summed E-state index contributed by atoms with van der Waals surface area (Å²) in [6.07, 6.45) is 0. The number of likely N-dealkylation sites (N-methyl/N-ethyl adjacent to an activating group) is 1. The van der Waals surface area contributed by atoms with E-state index in [-0.39, 0.29) is 5.56 Å². The van der Waals surface area contributed by atoms with Crippen LogP contribution in [0.2, 0.25) is 0 Å². The molecule has 1 fully saturated rings. The molecule has 0 aliphatic carbocycles. The van der Waals surface area contributed by atoms with E-state index >= 15 is 0 Å². The number of anilines is 3. The van der Waals surface area contributed by atoms with Gasteiger partial charge in [-0.3, -0.25) is 0 Å². The predicted octanol–water partition coefficient (Wildman–Crippen LogP) is 1.98. The minimum Gasteiger partial charge on any atom is -0.478 e. The second-order valence-electron chi connectivity index (χ2n) is 5.92. The van der Waals surface area contributed by atoms with Gasteiger partial charge in [0.25, 0.3) is 0 Å². The zero-order chi connectivity index (χ0) is 17.1. The Morgan fingerprint density at radius 3 is 2.58 bits per heavy atom. The number of aromatic nitrogens is 2. The van der Waals surface area contributed by atoms with Crippen molar-refractivity contribution in [2.45, 2.75) is 6.92 Å². The van der Waals surface area contributed by atoms with E-state index in [4.69, 9.17) is 0 Å². The predicted molar refractivity (Wildman–Crippen MR) is 93.2 cm³/mol. The Morgan fingerprint density at radius 2 is 1.88 bits per heavy atom. The lowest BCUT2D eigenvalue weighted by Crippen LogP contribution is -2.44. The number of nitrogens with one attached hydrogen (secondary N) is 1. The number of rotatable bonds is 4. The third kappa shape index (κ3) is 3.62. The molecule has 1 aromatic carbocycles. The van der Waals surface area contributed by atoms with Gasteiger partial charge < -0.3 is 20.2 Å². The van der Waals surface area contributed by atoms with Crippen LogP contribution in [0.4, 0.5) is 17.3 Å². The highest BCUT2D eigenvalue weighted by atomic mass is 16.4. The number of hydrogen-bond donors (Lipinski definition) is 2. The maximum atomic E-state index is 11.3. The zero-order valence-electron chi connectivity index (χ0n) is 13.9. The molecular weight excluding hydrogens is 306 g/mol. The first-order valence-electron chi connectivity index (χ1n) is 7.91. The fraction of sp³-hybridized carbons (Fsp3) is 0.353. The lowest BCUT2D eigenvalue weighted by Gasteiger charge is -2.33. The Labute approximate surface area is 141 Å². The van der Waals surface area contributed by atoms with Crippen molar-refractivity contribution in [3.63, 3.8) is 0 Å². The molecular formula is C17H21N5O2. The molecule has 1 aromatic heterocycles. The van der Waals surface area contributed by atoms with Crippen molar-refractivity contribution in [2.24, 2.45) is 0 Å². The molecule has 0 spiro atoms. The van der Waals surface area contributed by atoms with Crippen LogP contribution in [0.5, 0.6) is 0 Å². The van der Waals surface area contributed by atoms with E-state index in [0.29, 0.717) is 17.3 Å². The molecule has 0 amide bonds. The van der Waals surface area contributed by atoms with E-state index in [1.54, 1.807) is 24.3 Å². The summed E-state index contributed by atoms with van der Waals surface area (Å²) in [5, 5.41) is 12.4. The van der Waals surface area contributed by atoms with Crippen molar-refractivity contribution in [1.82, 2.24) is 14.9 Å². The molecule has 1 saturated heterocycles. The topological polar surface area (TPSA) is 81.6 Å². The lowest BCUT2D eigenvalue weighted by atomic mass is 10.2. The molecule has 0 radical (unpaired) electrons. The molecule has 7 heteroatoms. The number of carboxylic acid groups (broad SMARTS) is 1. The summed E-state index contributed by atoms with van der Waals surface area (Å²) in [7, 11) is 2.11. The number of carbonyl (C=O) groups is 1. The molecule has 0 unspecified atom stereocenters. The fourth-order valence-corrected chi connectivity index (χ4v) is 2.73. The van der Waals surface area contributed by atoms with E-state index in [0.717, 1.165) is 32.0 Å². The van der Waals surface area contributed by atoms with Crippen LogP contribution in [0, 0.1) is 6.92 Å². The molecule has 2 N–H and O–H groups in total. The largest absolute Gasteiger partial charge is 0.478 e. The maximum absolute atomic E-state index is 11.3. The average Bonchev–Trinajstić information content (AvgIpc) is 2.55. The van der Waals surface area contributed by atoms with E-state index in [2.05, 4.69) is 32.1 Å². The van der Waals surface area contributed by atoms with Gasteiger partial charge in [0, 0.05) is 32.2 Å². The van der Waals surface area contributed by atoms with Gasteiger partial charge in [-0.15, -0.1) is 0 Å². The van der Waals surface area contributed by atoms with Gasteiger partial charge in [0.1, 0.15) is 17.5 Å². The van der Waals surface area contributed by atoms with Crippen molar-refractivity contribution >= 4 is 23.3 Å². The smallest absolute Gasteiger partial charge is 0.337 e. The SMILES string of the molecule is Cc1nc(Nc2ccccc2C(=O)O)cc(N2CCN(C)CC2)n1. The second-order valence-corrected chi connectivity index (χ2v) is 5.92. The van der Waals surface area contributed by atoms with Crippen LogP contribution in [-0.2, 0) is 0 Å². The normalized spacial score (nSPS) is 15.3. The van der Waals surface area contributed by atoms with Crippen LogP contribution in [-0.4, -0.2) is 59.2 Å². The summed E-state index contributed by atoms with van der Waals surface area (Å²) < 4.78 is 0. The van der Waals surface area contributed by atoms with Crippen LogP contribution in [0.25, 0.3) is 0 Å². The summed E-state index contributed by atoms with van der Waals surface area (Å²) in [4.78, 5) is 24.8. The highest BCUT2D eigenvalue weighted by molar-refractivity contribution is 5.95. The summed E-state index contributed by atoms with van der Waals surface area (Å²) in [6, 6.07) is 8.67. The summed E-state index contributed by atoms with van der Waals surface area (Å²) >= 11 is 0. The third-order valence-electron chi connectivity index (χ3n) is 4.07. The quantitative estimate of drug-likeness (QED) is 0.888. The van der Waals surface area contributed by atoms with E-state index < -0.39 is 5.97 Å². The van der Waals surface area contributed by atoms with Gasteiger partial charge >= 0.3 is 5.97 Å². The number of para-hydroxylation sites is 1. The number of benzene rings is 1. The summed E-state index contributed by atoms with van der Waals surface area (Å²) in [5.74, 6) is 1.15. The Hall–Kier alpha value is -2.67. The molecule has 3 rings (SSSR count). The lowest BCUT2D eigenvalue weighted by molar-refractivity contribution is 0.0698. The molecule has 0 atom stereocenters. The summed E-state index contributed by atoms with van der Waals surface area (Å²) in [6.45, 7) is 5.66. The zero-order valence-corrected chi connectivity index (χ0v) is 13.9. The van der Waals surface area contributed by atoms with Crippen molar-refractivity contribution < 1.29 is 9.90 Å². The highest BCUT2D eigenvalue weighted by Gasteiger charge is 2.17. The standard InChI is InChI=1S/C17H21N5O2/c1-12-18-15(20-14-6-4-3-5-13(14)17(23)24)11-16(19-12)22-9-7-21(2)8-10-22/h3-6,11H,7-10H2,1-2H3,(H,23,24)(H,18,19,20). The first kappa shape index (κ1) is 16.2. The second kappa shape index (κ2) is 6.84. The van der Waals surface area contributed by atoms with Crippen molar-refractivity contribution in [3.05, 3.63) is 41.7 Å². The maximum Gasteiger partial charge on any atom is 0.337 e. The van der Waals surface area contributed by atoms with Gasteiger partial charge in [-0.25, -0.2) is 14.8 Å². The number of piperazine rings is 1. The molecule has 0 saturated carbocycles. The molecule has 126 valence electrons. The molecule has 24 heavy (non-hydrogen) atoms. The van der Waals surface area contributed by atoms with Crippen LogP contribution in [0.1, 0.15) is 16.2 Å². The van der Waals surface area contributed by atoms with Crippen LogP contribution >= 0.6 is 0 Å². The Bertz CT molecular complexity index is 742. The van der Waals surface area contributed by atoms with E-state index in [1.165, 1.54) is 0 Å². The van der Waals surface area contributed by atoms with Crippen LogP contribution in [0.3, 0.4) is 0 Å². The molecule has 7 nitrogen and oxygen atoms in total. The average molecular weight is 327 g/mol.